The van der Waals surface area contributed by atoms with E-state index in [1.165, 1.54) is 19.3 Å². The molecule has 1 heterocycles. The molecule has 1 aliphatic heterocycles. The molecule has 0 aliphatic carbocycles. The maximum atomic E-state index is 12.3. The van der Waals surface area contributed by atoms with Crippen LogP contribution in [0, 0.1) is 5.92 Å². The van der Waals surface area contributed by atoms with Crippen LogP contribution in [0.2, 0.25) is 0 Å². The predicted octanol–water partition coefficient (Wildman–Crippen LogP) is 2.76. The molecule has 0 aromatic carbocycles. The lowest BCUT2D eigenvalue weighted by molar-refractivity contribution is -0.132. The van der Waals surface area contributed by atoms with Crippen LogP contribution in [0.5, 0.6) is 0 Å². The van der Waals surface area contributed by atoms with Gasteiger partial charge in [-0.05, 0) is 51.7 Å². The minimum absolute atomic E-state index is 0.389. The molecule has 0 radical (unpaired) electrons. The smallest absolute Gasteiger partial charge is 0.222 e. The first kappa shape index (κ1) is 15.5. The highest BCUT2D eigenvalue weighted by Gasteiger charge is 2.22. The van der Waals surface area contributed by atoms with E-state index in [4.69, 9.17) is 0 Å². The van der Waals surface area contributed by atoms with Gasteiger partial charge in [-0.2, -0.15) is 0 Å². The second kappa shape index (κ2) is 8.52. The van der Waals surface area contributed by atoms with Crippen molar-refractivity contribution in [2.45, 2.75) is 52.4 Å². The van der Waals surface area contributed by atoms with Crippen LogP contribution in [0.1, 0.15) is 52.4 Å². The largest absolute Gasteiger partial charge is 0.343 e. The number of amides is 1. The number of rotatable bonds is 7. The minimum atomic E-state index is 0.389. The lowest BCUT2D eigenvalue weighted by Crippen LogP contribution is -2.36. The Labute approximate surface area is 113 Å². The van der Waals surface area contributed by atoms with Crippen molar-refractivity contribution in [2.75, 3.05) is 33.2 Å². The van der Waals surface area contributed by atoms with Crippen molar-refractivity contribution < 1.29 is 4.79 Å². The molecular weight excluding hydrogens is 224 g/mol. The molecule has 1 aliphatic rings. The van der Waals surface area contributed by atoms with Crippen LogP contribution in [-0.4, -0.2) is 48.9 Å². The average Bonchev–Trinajstić information content (AvgIpc) is 2.37. The van der Waals surface area contributed by atoms with Crippen LogP contribution in [0.25, 0.3) is 0 Å². The number of likely N-dealkylation sites (tertiary alicyclic amines) is 1. The zero-order chi connectivity index (χ0) is 13.4. The van der Waals surface area contributed by atoms with Crippen molar-refractivity contribution in [3.05, 3.63) is 0 Å². The molecule has 1 saturated heterocycles. The van der Waals surface area contributed by atoms with Crippen LogP contribution in [0.4, 0.5) is 0 Å². The number of unbranched alkanes of at least 4 members (excludes halogenated alkanes) is 1. The minimum Gasteiger partial charge on any atom is -0.343 e. The van der Waals surface area contributed by atoms with Gasteiger partial charge < -0.3 is 9.80 Å². The molecule has 0 atom stereocenters. The van der Waals surface area contributed by atoms with Crippen LogP contribution in [0.3, 0.4) is 0 Å². The fourth-order valence-electron chi connectivity index (χ4n) is 2.62. The molecule has 3 heteroatoms. The topological polar surface area (TPSA) is 23.6 Å². The number of hydrogen-bond donors (Lipinski definition) is 0. The van der Waals surface area contributed by atoms with Gasteiger partial charge in [-0.1, -0.05) is 20.3 Å². The Morgan fingerprint density at radius 2 is 1.83 bits per heavy atom. The van der Waals surface area contributed by atoms with E-state index in [9.17, 15) is 4.79 Å². The van der Waals surface area contributed by atoms with Gasteiger partial charge in [0.05, 0.1) is 0 Å². The van der Waals surface area contributed by atoms with E-state index in [1.54, 1.807) is 0 Å². The Hall–Kier alpha value is -0.570. The van der Waals surface area contributed by atoms with Crippen molar-refractivity contribution >= 4 is 5.91 Å². The van der Waals surface area contributed by atoms with Gasteiger partial charge in [0, 0.05) is 19.5 Å². The number of piperidine rings is 1. The van der Waals surface area contributed by atoms with Gasteiger partial charge in [0.25, 0.3) is 0 Å². The van der Waals surface area contributed by atoms with Gasteiger partial charge in [0.1, 0.15) is 0 Å². The van der Waals surface area contributed by atoms with Gasteiger partial charge in [0.15, 0.2) is 0 Å². The SMILES string of the molecule is CCCCN(CCC)C(=O)CC1CCN(C)CC1. The monoisotopic (exact) mass is 254 g/mol. The first-order valence-electron chi connectivity index (χ1n) is 7.63. The highest BCUT2D eigenvalue weighted by molar-refractivity contribution is 5.76. The van der Waals surface area contributed by atoms with Gasteiger partial charge in [-0.15, -0.1) is 0 Å². The molecule has 0 aromatic rings. The zero-order valence-corrected chi connectivity index (χ0v) is 12.5. The van der Waals surface area contributed by atoms with E-state index in [-0.39, 0.29) is 0 Å². The molecule has 0 N–H and O–H groups in total. The summed E-state index contributed by atoms with van der Waals surface area (Å²) in [5.41, 5.74) is 0. The van der Waals surface area contributed by atoms with Crippen LogP contribution in [0.15, 0.2) is 0 Å². The quantitative estimate of drug-likeness (QED) is 0.697. The first-order valence-corrected chi connectivity index (χ1v) is 7.63. The third kappa shape index (κ3) is 5.38. The Morgan fingerprint density at radius 1 is 1.17 bits per heavy atom. The molecule has 0 aromatic heterocycles. The maximum Gasteiger partial charge on any atom is 0.222 e. The third-order valence-electron chi connectivity index (χ3n) is 3.93. The van der Waals surface area contributed by atoms with E-state index >= 15 is 0 Å². The molecule has 1 fully saturated rings. The number of hydrogen-bond acceptors (Lipinski definition) is 2. The highest BCUT2D eigenvalue weighted by atomic mass is 16.2. The standard InChI is InChI=1S/C15H30N2O/c1-4-6-10-17(9-5-2)15(18)13-14-7-11-16(3)12-8-14/h14H,4-13H2,1-3H3. The fraction of sp³-hybridized carbons (Fsp3) is 0.933. The first-order chi connectivity index (χ1) is 8.67. The zero-order valence-electron chi connectivity index (χ0n) is 12.5. The van der Waals surface area contributed by atoms with Crippen LogP contribution < -0.4 is 0 Å². The molecule has 0 unspecified atom stereocenters. The number of carbonyl (C=O) groups excluding carboxylic acids is 1. The van der Waals surface area contributed by atoms with E-state index in [0.29, 0.717) is 11.8 Å². The van der Waals surface area contributed by atoms with E-state index in [2.05, 4.69) is 30.7 Å². The summed E-state index contributed by atoms with van der Waals surface area (Å²) in [4.78, 5) is 16.7. The summed E-state index contributed by atoms with van der Waals surface area (Å²) in [7, 11) is 2.17. The predicted molar refractivity (Wildman–Crippen MR) is 76.6 cm³/mol. The molecule has 0 bridgehead atoms. The van der Waals surface area contributed by atoms with Crippen molar-refractivity contribution in [1.29, 1.82) is 0 Å². The Bertz CT molecular complexity index is 235. The molecule has 0 spiro atoms. The van der Waals surface area contributed by atoms with E-state index in [1.807, 2.05) is 0 Å². The van der Waals surface area contributed by atoms with Crippen LogP contribution in [-0.2, 0) is 4.79 Å². The lowest BCUT2D eigenvalue weighted by atomic mass is 9.93. The third-order valence-corrected chi connectivity index (χ3v) is 3.93. The summed E-state index contributed by atoms with van der Waals surface area (Å²) < 4.78 is 0. The highest BCUT2D eigenvalue weighted by Crippen LogP contribution is 2.20. The van der Waals surface area contributed by atoms with Crippen LogP contribution >= 0.6 is 0 Å². The van der Waals surface area contributed by atoms with Crippen molar-refractivity contribution in [2.24, 2.45) is 5.92 Å². The van der Waals surface area contributed by atoms with Crippen molar-refractivity contribution in [3.63, 3.8) is 0 Å². The summed E-state index contributed by atoms with van der Waals surface area (Å²) >= 11 is 0. The van der Waals surface area contributed by atoms with Crippen molar-refractivity contribution in [1.82, 2.24) is 9.80 Å². The second-order valence-electron chi connectivity index (χ2n) is 5.69. The summed E-state index contributed by atoms with van der Waals surface area (Å²) in [5.74, 6) is 1.01. The second-order valence-corrected chi connectivity index (χ2v) is 5.69. The molecule has 1 rings (SSSR count). The molecule has 18 heavy (non-hydrogen) atoms. The Kier molecular flexibility index (Phi) is 7.33. The Morgan fingerprint density at radius 3 is 2.39 bits per heavy atom. The van der Waals surface area contributed by atoms with Gasteiger partial charge in [0.2, 0.25) is 5.91 Å². The summed E-state index contributed by atoms with van der Waals surface area (Å²) in [6.45, 7) is 8.54. The lowest BCUT2D eigenvalue weighted by Gasteiger charge is -2.30. The van der Waals surface area contributed by atoms with Gasteiger partial charge >= 0.3 is 0 Å². The normalized spacial score (nSPS) is 17.9. The van der Waals surface area contributed by atoms with Crippen molar-refractivity contribution in [3.8, 4) is 0 Å². The number of carbonyl (C=O) groups is 1. The summed E-state index contributed by atoms with van der Waals surface area (Å²) in [6, 6.07) is 0. The summed E-state index contributed by atoms with van der Waals surface area (Å²) in [6.07, 6.45) is 6.53. The molecule has 1 amide bonds. The molecule has 106 valence electrons. The molecule has 0 saturated carbocycles. The molecular formula is C15H30N2O. The fourth-order valence-corrected chi connectivity index (χ4v) is 2.62. The average molecular weight is 254 g/mol. The van der Waals surface area contributed by atoms with Gasteiger partial charge in [-0.3, -0.25) is 4.79 Å². The van der Waals surface area contributed by atoms with E-state index < -0.39 is 0 Å². The Balaban J connectivity index is 2.35. The maximum absolute atomic E-state index is 12.3. The van der Waals surface area contributed by atoms with E-state index in [0.717, 1.165) is 45.4 Å². The summed E-state index contributed by atoms with van der Waals surface area (Å²) in [5, 5.41) is 0. The molecule has 3 nitrogen and oxygen atoms in total. The van der Waals surface area contributed by atoms with Gasteiger partial charge in [-0.25, -0.2) is 0 Å². The number of nitrogens with zero attached hydrogens (tertiary/aromatic N) is 2.